The minimum absolute atomic E-state index is 0.00814. The molecule has 156 valence electrons. The molecule has 1 heterocycles. The van der Waals surface area contributed by atoms with Gasteiger partial charge in [-0.25, -0.2) is 12.8 Å². The summed E-state index contributed by atoms with van der Waals surface area (Å²) in [5, 5.41) is 1.70. The smallest absolute Gasteiger partial charge is 0.220 e. The number of carbonyl (C=O) groups excluding carboxylic acids is 1. The lowest BCUT2D eigenvalue weighted by Gasteiger charge is -2.19. The van der Waals surface area contributed by atoms with Crippen LogP contribution in [0.5, 0.6) is 0 Å². The van der Waals surface area contributed by atoms with Crippen LogP contribution in [0.2, 0.25) is 0 Å². The molecule has 0 aliphatic rings. The maximum atomic E-state index is 13.6. The number of sulfone groups is 1. The number of amides is 1. The van der Waals surface area contributed by atoms with Crippen LogP contribution in [0.4, 0.5) is 4.39 Å². The van der Waals surface area contributed by atoms with Crippen molar-refractivity contribution >= 4 is 15.7 Å². The highest BCUT2D eigenvalue weighted by Gasteiger charge is 2.30. The van der Waals surface area contributed by atoms with Crippen LogP contribution in [-0.4, -0.2) is 25.9 Å². The number of aromatic nitrogens is 1. The van der Waals surface area contributed by atoms with E-state index in [1.807, 2.05) is 30.3 Å². The van der Waals surface area contributed by atoms with Gasteiger partial charge in [0.1, 0.15) is 11.1 Å². The van der Waals surface area contributed by atoms with Crippen LogP contribution >= 0.6 is 0 Å². The Kier molecular flexibility index (Phi) is 6.95. The number of aryl methyl sites for hydroxylation is 2. The minimum Gasteiger partial charge on any atom is -0.354 e. The molecule has 3 rings (SSSR count). The number of carbonyl (C=O) groups is 1. The van der Waals surface area contributed by atoms with E-state index in [1.165, 1.54) is 25.3 Å². The number of nitrogens with one attached hydrogen (secondary N) is 1. The van der Waals surface area contributed by atoms with Crippen LogP contribution in [0.3, 0.4) is 0 Å². The van der Waals surface area contributed by atoms with Gasteiger partial charge in [-0.1, -0.05) is 36.4 Å². The molecule has 1 N–H and O–H groups in total. The Morgan fingerprint density at radius 1 is 1.10 bits per heavy atom. The summed E-state index contributed by atoms with van der Waals surface area (Å²) in [7, 11) is -3.88. The first kappa shape index (κ1) is 21.6. The number of rotatable bonds is 8. The SMILES string of the molecule is Cc1cc(S(=O)(=O)C(CNC(=O)CCc2ccccc2)c2cccnc2)ccc1F. The zero-order valence-corrected chi connectivity index (χ0v) is 17.4. The van der Waals surface area contributed by atoms with Gasteiger partial charge in [-0.3, -0.25) is 9.78 Å². The van der Waals surface area contributed by atoms with E-state index >= 15 is 0 Å². The van der Waals surface area contributed by atoms with E-state index in [2.05, 4.69) is 10.3 Å². The van der Waals surface area contributed by atoms with Crippen molar-refractivity contribution in [3.63, 3.8) is 0 Å². The molecule has 30 heavy (non-hydrogen) atoms. The van der Waals surface area contributed by atoms with Crippen LogP contribution in [0.15, 0.2) is 78.0 Å². The molecule has 5 nitrogen and oxygen atoms in total. The Morgan fingerprint density at radius 3 is 2.53 bits per heavy atom. The fourth-order valence-electron chi connectivity index (χ4n) is 3.13. The van der Waals surface area contributed by atoms with Gasteiger partial charge in [-0.2, -0.15) is 0 Å². The van der Waals surface area contributed by atoms with Gasteiger partial charge in [0.25, 0.3) is 0 Å². The summed E-state index contributed by atoms with van der Waals surface area (Å²) in [6, 6.07) is 16.6. The van der Waals surface area contributed by atoms with E-state index in [0.717, 1.165) is 11.6 Å². The standard InChI is InChI=1S/C23H23FN2O3S/c1-17-14-20(10-11-21(17)24)30(28,29)22(19-8-5-13-25-15-19)16-26-23(27)12-9-18-6-3-2-4-7-18/h2-8,10-11,13-15,22H,9,12,16H2,1H3,(H,26,27). The molecule has 1 atom stereocenters. The van der Waals surface area contributed by atoms with Gasteiger partial charge in [-0.15, -0.1) is 0 Å². The molecule has 0 saturated heterocycles. The number of hydrogen-bond acceptors (Lipinski definition) is 4. The molecule has 3 aromatic rings. The van der Waals surface area contributed by atoms with E-state index in [1.54, 1.807) is 18.3 Å². The lowest BCUT2D eigenvalue weighted by Crippen LogP contribution is -2.32. The van der Waals surface area contributed by atoms with Crippen molar-refractivity contribution in [2.24, 2.45) is 0 Å². The van der Waals surface area contributed by atoms with Gasteiger partial charge in [0, 0.05) is 25.4 Å². The maximum absolute atomic E-state index is 13.6. The Bertz CT molecular complexity index is 1100. The molecule has 0 spiro atoms. The van der Waals surface area contributed by atoms with Crippen LogP contribution in [0.1, 0.15) is 28.4 Å². The summed E-state index contributed by atoms with van der Waals surface area (Å²) in [5.41, 5.74) is 1.74. The molecule has 0 radical (unpaired) electrons. The van der Waals surface area contributed by atoms with E-state index in [9.17, 15) is 17.6 Å². The van der Waals surface area contributed by atoms with Crippen molar-refractivity contribution in [1.82, 2.24) is 10.3 Å². The van der Waals surface area contributed by atoms with Crippen molar-refractivity contribution < 1.29 is 17.6 Å². The van der Waals surface area contributed by atoms with Gasteiger partial charge < -0.3 is 5.32 Å². The molecule has 1 amide bonds. The molecular formula is C23H23FN2O3S. The summed E-state index contributed by atoms with van der Waals surface area (Å²) in [5.74, 6) is -0.709. The van der Waals surface area contributed by atoms with Crippen LogP contribution < -0.4 is 5.32 Å². The van der Waals surface area contributed by atoms with Gasteiger partial charge in [0.2, 0.25) is 5.91 Å². The Balaban J connectivity index is 1.77. The molecule has 0 fully saturated rings. The molecule has 0 aliphatic carbocycles. The normalized spacial score (nSPS) is 12.3. The van der Waals surface area contributed by atoms with Crippen LogP contribution in [0, 0.1) is 12.7 Å². The third-order valence-electron chi connectivity index (χ3n) is 4.86. The Morgan fingerprint density at radius 2 is 1.87 bits per heavy atom. The number of halogens is 1. The van der Waals surface area contributed by atoms with Gasteiger partial charge >= 0.3 is 0 Å². The van der Waals surface area contributed by atoms with E-state index in [4.69, 9.17) is 0 Å². The fraction of sp³-hybridized carbons (Fsp3) is 0.217. The van der Waals surface area contributed by atoms with Crippen molar-refractivity contribution in [3.8, 4) is 0 Å². The average molecular weight is 427 g/mol. The van der Waals surface area contributed by atoms with Crippen molar-refractivity contribution in [2.45, 2.75) is 29.9 Å². The predicted molar refractivity (Wildman–Crippen MR) is 113 cm³/mol. The number of hydrogen-bond donors (Lipinski definition) is 1. The highest BCUT2D eigenvalue weighted by molar-refractivity contribution is 7.91. The molecule has 0 aliphatic heterocycles. The first-order valence-corrected chi connectivity index (χ1v) is 11.1. The van der Waals surface area contributed by atoms with E-state index < -0.39 is 20.9 Å². The third kappa shape index (κ3) is 5.30. The van der Waals surface area contributed by atoms with Gasteiger partial charge in [-0.05, 0) is 54.3 Å². The topological polar surface area (TPSA) is 76.1 Å². The second kappa shape index (κ2) is 9.63. The van der Waals surface area contributed by atoms with Crippen molar-refractivity contribution in [2.75, 3.05) is 6.54 Å². The van der Waals surface area contributed by atoms with E-state index in [-0.39, 0.29) is 29.3 Å². The second-order valence-corrected chi connectivity index (χ2v) is 9.15. The first-order chi connectivity index (χ1) is 14.4. The molecule has 7 heteroatoms. The quantitative estimate of drug-likeness (QED) is 0.556. The fourth-order valence-corrected chi connectivity index (χ4v) is 4.86. The summed E-state index contributed by atoms with van der Waals surface area (Å²) >= 11 is 0. The highest BCUT2D eigenvalue weighted by Crippen LogP contribution is 2.29. The largest absolute Gasteiger partial charge is 0.354 e. The molecule has 0 bridgehead atoms. The molecular weight excluding hydrogens is 403 g/mol. The molecule has 1 aromatic heterocycles. The lowest BCUT2D eigenvalue weighted by atomic mass is 10.1. The van der Waals surface area contributed by atoms with Crippen LogP contribution in [-0.2, 0) is 21.1 Å². The Hall–Kier alpha value is -3.06. The number of pyridine rings is 1. The molecule has 2 aromatic carbocycles. The summed E-state index contributed by atoms with van der Waals surface area (Å²) in [4.78, 5) is 16.4. The number of benzene rings is 2. The zero-order chi connectivity index (χ0) is 21.6. The average Bonchev–Trinajstić information content (AvgIpc) is 2.75. The Labute approximate surface area is 175 Å². The lowest BCUT2D eigenvalue weighted by molar-refractivity contribution is -0.121. The van der Waals surface area contributed by atoms with Gasteiger partial charge in [0.15, 0.2) is 9.84 Å². The zero-order valence-electron chi connectivity index (χ0n) is 16.6. The number of nitrogens with zero attached hydrogens (tertiary/aromatic N) is 1. The highest BCUT2D eigenvalue weighted by atomic mass is 32.2. The monoisotopic (exact) mass is 426 g/mol. The van der Waals surface area contributed by atoms with Crippen LogP contribution in [0.25, 0.3) is 0 Å². The van der Waals surface area contributed by atoms with E-state index in [0.29, 0.717) is 12.0 Å². The van der Waals surface area contributed by atoms with Crippen molar-refractivity contribution in [3.05, 3.63) is 95.6 Å². The van der Waals surface area contributed by atoms with Gasteiger partial charge in [0.05, 0.1) is 4.90 Å². The first-order valence-electron chi connectivity index (χ1n) is 9.58. The molecule has 0 saturated carbocycles. The maximum Gasteiger partial charge on any atom is 0.220 e. The minimum atomic E-state index is -3.88. The summed E-state index contributed by atoms with van der Waals surface area (Å²) in [6.07, 6.45) is 3.83. The second-order valence-electron chi connectivity index (χ2n) is 7.02. The van der Waals surface area contributed by atoms with Crippen molar-refractivity contribution in [1.29, 1.82) is 0 Å². The predicted octanol–water partition coefficient (Wildman–Crippen LogP) is 3.79. The molecule has 1 unspecified atom stereocenters. The third-order valence-corrected chi connectivity index (χ3v) is 6.96. The summed E-state index contributed by atoms with van der Waals surface area (Å²) in [6.45, 7) is 1.41. The summed E-state index contributed by atoms with van der Waals surface area (Å²) < 4.78 is 40.2.